The van der Waals surface area contributed by atoms with E-state index in [1.165, 1.54) is 5.56 Å². The summed E-state index contributed by atoms with van der Waals surface area (Å²) in [4.78, 5) is 19.3. The predicted octanol–water partition coefficient (Wildman–Crippen LogP) is -0.164. The first-order valence-electron chi connectivity index (χ1n) is 8.78. The highest BCUT2D eigenvalue weighted by Crippen LogP contribution is 2.25. The summed E-state index contributed by atoms with van der Waals surface area (Å²) in [5.41, 5.74) is 0.570. The SMILES string of the molecule is O=C(N1CCc2nc(Cc3ccccc3)nn2CC1)C1(CO)CNC1. The highest BCUT2D eigenvalue weighted by molar-refractivity contribution is 5.84. The number of nitrogens with zero attached hydrogens (tertiary/aromatic N) is 4. The maximum atomic E-state index is 12.7. The number of hydrogen-bond donors (Lipinski definition) is 2. The zero-order valence-corrected chi connectivity index (χ0v) is 14.2. The lowest BCUT2D eigenvalue weighted by Crippen LogP contribution is -2.64. The van der Waals surface area contributed by atoms with E-state index < -0.39 is 5.41 Å². The van der Waals surface area contributed by atoms with Gasteiger partial charge < -0.3 is 15.3 Å². The largest absolute Gasteiger partial charge is 0.395 e. The van der Waals surface area contributed by atoms with E-state index in [1.807, 2.05) is 27.8 Å². The molecule has 1 aromatic heterocycles. The molecule has 1 fully saturated rings. The van der Waals surface area contributed by atoms with Crippen molar-refractivity contribution >= 4 is 5.91 Å². The van der Waals surface area contributed by atoms with Crippen molar-refractivity contribution in [2.45, 2.75) is 19.4 Å². The standard InChI is InChI=1S/C18H23N5O2/c24-13-18(11-19-12-18)17(25)22-7-6-16-20-15(21-23(16)9-8-22)10-14-4-2-1-3-5-14/h1-5,19,24H,6-13H2. The molecule has 7 nitrogen and oxygen atoms in total. The monoisotopic (exact) mass is 341 g/mol. The lowest BCUT2D eigenvalue weighted by Gasteiger charge is -2.42. The molecule has 0 aliphatic carbocycles. The molecule has 7 heteroatoms. The van der Waals surface area contributed by atoms with Crippen molar-refractivity contribution in [3.63, 3.8) is 0 Å². The van der Waals surface area contributed by atoms with Gasteiger partial charge >= 0.3 is 0 Å². The predicted molar refractivity (Wildman–Crippen MR) is 91.9 cm³/mol. The number of carbonyl (C=O) groups is 1. The van der Waals surface area contributed by atoms with Crippen molar-refractivity contribution in [3.05, 3.63) is 47.5 Å². The van der Waals surface area contributed by atoms with E-state index in [0.29, 0.717) is 39.1 Å². The number of aliphatic hydroxyl groups excluding tert-OH is 1. The quantitative estimate of drug-likeness (QED) is 0.807. The second-order valence-corrected chi connectivity index (χ2v) is 6.91. The van der Waals surface area contributed by atoms with Crippen molar-refractivity contribution in [1.82, 2.24) is 25.0 Å². The zero-order valence-electron chi connectivity index (χ0n) is 14.2. The Hall–Kier alpha value is -2.25. The van der Waals surface area contributed by atoms with E-state index in [1.54, 1.807) is 0 Å². The molecule has 0 atom stereocenters. The Morgan fingerprint density at radius 3 is 2.68 bits per heavy atom. The van der Waals surface area contributed by atoms with Crippen molar-refractivity contribution in [1.29, 1.82) is 0 Å². The van der Waals surface area contributed by atoms with Crippen molar-refractivity contribution in [3.8, 4) is 0 Å². The normalized spacial score (nSPS) is 19.0. The molecule has 25 heavy (non-hydrogen) atoms. The Kier molecular flexibility index (Phi) is 4.27. The number of hydrogen-bond acceptors (Lipinski definition) is 5. The minimum atomic E-state index is -0.627. The molecule has 132 valence electrons. The molecule has 0 bridgehead atoms. The molecule has 4 rings (SSSR count). The molecule has 3 heterocycles. The number of rotatable bonds is 4. The summed E-state index contributed by atoms with van der Waals surface area (Å²) in [5.74, 6) is 1.81. The molecule has 2 aliphatic rings. The maximum Gasteiger partial charge on any atom is 0.233 e. The smallest absolute Gasteiger partial charge is 0.233 e. The molecular formula is C18H23N5O2. The van der Waals surface area contributed by atoms with Crippen LogP contribution in [0, 0.1) is 5.41 Å². The van der Waals surface area contributed by atoms with Crippen molar-refractivity contribution in [2.75, 3.05) is 32.8 Å². The van der Waals surface area contributed by atoms with Crippen LogP contribution in [0.2, 0.25) is 0 Å². The summed E-state index contributed by atoms with van der Waals surface area (Å²) in [5, 5.41) is 17.3. The average Bonchev–Trinajstić information content (AvgIpc) is 2.86. The molecule has 2 N–H and O–H groups in total. The van der Waals surface area contributed by atoms with Gasteiger partial charge in [-0.3, -0.25) is 4.79 Å². The van der Waals surface area contributed by atoms with Crippen molar-refractivity contribution < 1.29 is 9.90 Å². The summed E-state index contributed by atoms with van der Waals surface area (Å²) >= 11 is 0. The Bertz CT molecular complexity index is 723. The van der Waals surface area contributed by atoms with Crippen LogP contribution in [0.15, 0.2) is 30.3 Å². The minimum absolute atomic E-state index is 0.0454. The fourth-order valence-electron chi connectivity index (χ4n) is 3.50. The van der Waals surface area contributed by atoms with Gasteiger partial charge in [-0.25, -0.2) is 9.67 Å². The molecule has 2 aromatic rings. The van der Waals surface area contributed by atoms with Gasteiger partial charge in [-0.2, -0.15) is 5.10 Å². The first kappa shape index (κ1) is 16.2. The lowest BCUT2D eigenvalue weighted by atomic mass is 9.81. The van der Waals surface area contributed by atoms with Gasteiger partial charge in [0.2, 0.25) is 5.91 Å². The van der Waals surface area contributed by atoms with E-state index in [-0.39, 0.29) is 12.5 Å². The average molecular weight is 341 g/mol. The van der Waals surface area contributed by atoms with Gasteiger partial charge in [0.15, 0.2) is 5.82 Å². The van der Waals surface area contributed by atoms with Crippen LogP contribution < -0.4 is 5.32 Å². The molecule has 0 spiro atoms. The number of aromatic nitrogens is 3. The van der Waals surface area contributed by atoms with Gasteiger partial charge in [-0.1, -0.05) is 30.3 Å². The number of carbonyl (C=O) groups excluding carboxylic acids is 1. The van der Waals surface area contributed by atoms with E-state index in [9.17, 15) is 9.90 Å². The number of nitrogens with one attached hydrogen (secondary N) is 1. The van der Waals surface area contributed by atoms with Crippen LogP contribution >= 0.6 is 0 Å². The molecule has 1 aromatic carbocycles. The second kappa shape index (κ2) is 6.57. The summed E-state index contributed by atoms with van der Waals surface area (Å²) in [6, 6.07) is 10.2. The number of fused-ring (bicyclic) bond motifs is 1. The zero-order chi connectivity index (χ0) is 17.3. The highest BCUT2D eigenvalue weighted by Gasteiger charge is 2.46. The summed E-state index contributed by atoms with van der Waals surface area (Å²) < 4.78 is 1.93. The first-order chi connectivity index (χ1) is 12.2. The Labute approximate surface area is 146 Å². The fraction of sp³-hybridized carbons (Fsp3) is 0.500. The van der Waals surface area contributed by atoms with Gasteiger partial charge in [0.1, 0.15) is 5.82 Å². The molecule has 0 saturated carbocycles. The van der Waals surface area contributed by atoms with Crippen LogP contribution in [0.4, 0.5) is 0 Å². The van der Waals surface area contributed by atoms with Crippen LogP contribution in [0.1, 0.15) is 17.2 Å². The molecule has 0 radical (unpaired) electrons. The van der Waals surface area contributed by atoms with E-state index in [2.05, 4.69) is 27.5 Å². The fourth-order valence-corrected chi connectivity index (χ4v) is 3.50. The number of benzene rings is 1. The third kappa shape index (κ3) is 3.05. The molecule has 1 amide bonds. The molecular weight excluding hydrogens is 318 g/mol. The first-order valence-corrected chi connectivity index (χ1v) is 8.78. The van der Waals surface area contributed by atoms with Crippen LogP contribution in [-0.4, -0.2) is 63.5 Å². The Balaban J connectivity index is 1.43. The van der Waals surface area contributed by atoms with Gasteiger partial charge in [0, 0.05) is 39.0 Å². The second-order valence-electron chi connectivity index (χ2n) is 6.91. The van der Waals surface area contributed by atoms with Crippen LogP contribution in [-0.2, 0) is 24.2 Å². The van der Waals surface area contributed by atoms with Gasteiger partial charge in [-0.05, 0) is 5.56 Å². The van der Waals surface area contributed by atoms with Crippen LogP contribution in [0.5, 0.6) is 0 Å². The lowest BCUT2D eigenvalue weighted by molar-refractivity contribution is -0.148. The van der Waals surface area contributed by atoms with Crippen LogP contribution in [0.25, 0.3) is 0 Å². The molecule has 1 saturated heterocycles. The minimum Gasteiger partial charge on any atom is -0.395 e. The van der Waals surface area contributed by atoms with E-state index in [4.69, 9.17) is 0 Å². The number of aliphatic hydroxyl groups is 1. The third-order valence-corrected chi connectivity index (χ3v) is 5.15. The van der Waals surface area contributed by atoms with E-state index >= 15 is 0 Å². The summed E-state index contributed by atoms with van der Waals surface area (Å²) in [6.07, 6.45) is 1.42. The maximum absolute atomic E-state index is 12.7. The van der Waals surface area contributed by atoms with Crippen LogP contribution in [0.3, 0.4) is 0 Å². The van der Waals surface area contributed by atoms with Gasteiger partial charge in [0.05, 0.1) is 18.6 Å². The third-order valence-electron chi connectivity index (χ3n) is 5.15. The molecule has 0 unspecified atom stereocenters. The van der Waals surface area contributed by atoms with E-state index in [0.717, 1.165) is 18.1 Å². The van der Waals surface area contributed by atoms with Gasteiger partial charge in [0.25, 0.3) is 0 Å². The topological polar surface area (TPSA) is 83.3 Å². The summed E-state index contributed by atoms with van der Waals surface area (Å²) in [6.45, 7) is 2.91. The number of amides is 1. The highest BCUT2D eigenvalue weighted by atomic mass is 16.3. The molecule has 2 aliphatic heterocycles. The Morgan fingerprint density at radius 1 is 1.20 bits per heavy atom. The Morgan fingerprint density at radius 2 is 2.00 bits per heavy atom. The summed E-state index contributed by atoms with van der Waals surface area (Å²) in [7, 11) is 0. The van der Waals surface area contributed by atoms with Crippen molar-refractivity contribution in [2.24, 2.45) is 5.41 Å². The van der Waals surface area contributed by atoms with Gasteiger partial charge in [-0.15, -0.1) is 0 Å².